The monoisotopic (exact) mass is 407 g/mol. The predicted octanol–water partition coefficient (Wildman–Crippen LogP) is 2.32. The lowest BCUT2D eigenvalue weighted by Crippen LogP contribution is -2.55. The van der Waals surface area contributed by atoms with Crippen molar-refractivity contribution < 1.29 is 29.3 Å². The molecule has 2 aromatic rings. The van der Waals surface area contributed by atoms with Gasteiger partial charge in [0.15, 0.2) is 0 Å². The molecule has 2 aliphatic rings. The second-order valence-electron chi connectivity index (χ2n) is 7.29. The summed E-state index contributed by atoms with van der Waals surface area (Å²) >= 11 is 6.32. The Labute approximate surface area is 173 Å². The van der Waals surface area contributed by atoms with Crippen molar-refractivity contribution in [2.45, 2.75) is 55.6 Å². The fraction of sp³-hybridized carbons (Fsp3) is 0.455. The maximum Gasteiger partial charge on any atom is 0.113 e. The van der Waals surface area contributed by atoms with Crippen LogP contribution in [0.4, 0.5) is 0 Å². The molecule has 0 radical (unpaired) electrons. The summed E-state index contributed by atoms with van der Waals surface area (Å²) in [6.45, 7) is -0.549. The van der Waals surface area contributed by atoms with Gasteiger partial charge in [-0.15, -0.1) is 0 Å². The van der Waals surface area contributed by atoms with Crippen molar-refractivity contribution in [3.05, 3.63) is 69.7 Å². The molecule has 2 aromatic carbocycles. The van der Waals surface area contributed by atoms with Crippen molar-refractivity contribution in [3.8, 4) is 0 Å². The largest absolute Gasteiger partial charge is 0.394 e. The van der Waals surface area contributed by atoms with E-state index in [4.69, 9.17) is 20.5 Å². The van der Waals surface area contributed by atoms with Gasteiger partial charge in [-0.05, 0) is 53.4 Å². The first-order valence-corrected chi connectivity index (χ1v) is 9.68. The first-order chi connectivity index (χ1) is 14.6. The third-order valence-electron chi connectivity index (χ3n) is 5.28. The Morgan fingerprint density at radius 3 is 2.32 bits per heavy atom. The van der Waals surface area contributed by atoms with Crippen molar-refractivity contribution in [2.24, 2.45) is 0 Å². The van der Waals surface area contributed by atoms with E-state index in [1.807, 2.05) is 0 Å². The highest BCUT2D eigenvalue weighted by molar-refractivity contribution is 6.31. The fourth-order valence-corrected chi connectivity index (χ4v) is 3.65. The van der Waals surface area contributed by atoms with Gasteiger partial charge >= 0.3 is 0 Å². The van der Waals surface area contributed by atoms with E-state index in [1.54, 1.807) is 30.3 Å². The van der Waals surface area contributed by atoms with Gasteiger partial charge in [-0.25, -0.2) is 0 Å². The number of ether oxygens (including phenoxy) is 1. The highest BCUT2D eigenvalue weighted by Gasteiger charge is 2.44. The summed E-state index contributed by atoms with van der Waals surface area (Å²) in [5.74, 6) is -0.564. The van der Waals surface area contributed by atoms with Crippen molar-refractivity contribution >= 4 is 11.6 Å². The zero-order valence-corrected chi connectivity index (χ0v) is 15.9. The van der Waals surface area contributed by atoms with E-state index in [-0.39, 0.29) is 10.6 Å². The van der Waals surface area contributed by atoms with E-state index in [9.17, 15) is 20.4 Å². The summed E-state index contributed by atoms with van der Waals surface area (Å²) in [4.78, 5) is 0. The number of aliphatic hydroxyl groups is 4. The van der Waals surface area contributed by atoms with Gasteiger partial charge < -0.3 is 25.2 Å². The van der Waals surface area contributed by atoms with Crippen LogP contribution >= 0.6 is 11.6 Å². The first kappa shape index (κ1) is 16.3. The quantitative estimate of drug-likeness (QED) is 0.610. The lowest BCUT2D eigenvalue weighted by Gasteiger charge is -2.40. The van der Waals surface area contributed by atoms with E-state index >= 15 is 0 Å². The minimum absolute atomic E-state index is 0.156. The van der Waals surface area contributed by atoms with Gasteiger partial charge in [0.2, 0.25) is 0 Å². The maximum atomic E-state index is 10.4. The van der Waals surface area contributed by atoms with Crippen molar-refractivity contribution in [1.82, 2.24) is 0 Å². The molecule has 5 nitrogen and oxygen atoms in total. The van der Waals surface area contributed by atoms with E-state index in [0.29, 0.717) is 11.1 Å². The maximum absolute atomic E-state index is 10.4. The molecular weight excluding hydrogens is 380 g/mol. The molecule has 0 amide bonds. The lowest BCUT2D eigenvalue weighted by atomic mass is 9.90. The van der Waals surface area contributed by atoms with E-state index < -0.39 is 49.4 Å². The second-order valence-corrected chi connectivity index (χ2v) is 7.70. The Balaban J connectivity index is 1.67. The van der Waals surface area contributed by atoms with Crippen LogP contribution in [-0.2, 0) is 11.1 Å². The molecule has 0 unspecified atom stereocenters. The molecule has 1 saturated heterocycles. The van der Waals surface area contributed by atoms with Crippen LogP contribution in [0.25, 0.3) is 0 Å². The third-order valence-corrected chi connectivity index (χ3v) is 5.61. The van der Waals surface area contributed by atoms with E-state index in [1.165, 1.54) is 12.1 Å². The summed E-state index contributed by atoms with van der Waals surface area (Å²) in [5.41, 5.74) is 1.74. The molecular formula is C22H25ClO5. The highest BCUT2D eigenvalue weighted by atomic mass is 35.5. The molecule has 1 aliphatic carbocycles. The summed E-state index contributed by atoms with van der Waals surface area (Å²) in [5, 5.41) is 40.1. The average Bonchev–Trinajstić information content (AvgIpc) is 3.51. The number of rotatable bonds is 5. The Morgan fingerprint density at radius 2 is 1.68 bits per heavy atom. The first-order valence-electron chi connectivity index (χ1n) is 10.8. The minimum Gasteiger partial charge on any atom is -0.394 e. The Morgan fingerprint density at radius 1 is 1.00 bits per heavy atom. The minimum atomic E-state index is -1.97. The average molecular weight is 408 g/mol. The fourth-order valence-electron chi connectivity index (χ4n) is 3.49. The van der Waals surface area contributed by atoms with Crippen LogP contribution in [0.15, 0.2) is 42.5 Å². The van der Waals surface area contributed by atoms with Gasteiger partial charge in [-0.3, -0.25) is 0 Å². The van der Waals surface area contributed by atoms with Crippen LogP contribution in [0.2, 0.25) is 5.02 Å². The molecule has 5 atom stereocenters. The van der Waals surface area contributed by atoms with E-state index in [2.05, 4.69) is 0 Å². The number of hydrogen-bond acceptors (Lipinski definition) is 5. The van der Waals surface area contributed by atoms with Gasteiger partial charge in [0, 0.05) is 9.13 Å². The van der Waals surface area contributed by atoms with Crippen LogP contribution in [0.1, 0.15) is 51.2 Å². The van der Waals surface area contributed by atoms with Crippen molar-refractivity contribution in [2.75, 3.05) is 6.61 Å². The van der Waals surface area contributed by atoms with Crippen LogP contribution in [0, 0.1) is 0 Å². The standard InChI is InChI=1S/C22H25ClO5/c23-17-8-7-15(22-21(27)20(26)19(25)18(11-24)28-22)10-16(17)9-12-1-3-13(4-2-12)14-5-6-14/h1-4,7-8,10,14,18-22,24-27H,5-6,9,11H2/t18-,19-,20+,21-,22+/m1/s1/i9D2,14D. The summed E-state index contributed by atoms with van der Waals surface area (Å²) in [6, 6.07) is 11.3. The summed E-state index contributed by atoms with van der Waals surface area (Å²) in [7, 11) is 0. The van der Waals surface area contributed by atoms with Gasteiger partial charge in [-0.1, -0.05) is 48.0 Å². The molecule has 0 spiro atoms. The van der Waals surface area contributed by atoms with Crippen molar-refractivity contribution in [3.63, 3.8) is 0 Å². The lowest BCUT2D eigenvalue weighted by molar-refractivity contribution is -0.231. The van der Waals surface area contributed by atoms with Crippen LogP contribution < -0.4 is 0 Å². The molecule has 1 aliphatic heterocycles. The molecule has 2 fully saturated rings. The molecule has 0 aromatic heterocycles. The molecule has 4 N–H and O–H groups in total. The molecule has 1 saturated carbocycles. The molecule has 0 bridgehead atoms. The number of hydrogen-bond donors (Lipinski definition) is 4. The smallest absolute Gasteiger partial charge is 0.113 e. The zero-order valence-electron chi connectivity index (χ0n) is 18.1. The molecule has 28 heavy (non-hydrogen) atoms. The predicted molar refractivity (Wildman–Crippen MR) is 105 cm³/mol. The summed E-state index contributed by atoms with van der Waals surface area (Å²) in [6.07, 6.45) is -6.99. The van der Waals surface area contributed by atoms with Crippen LogP contribution in [0.5, 0.6) is 0 Å². The molecule has 6 heteroatoms. The van der Waals surface area contributed by atoms with Gasteiger partial charge in [0.05, 0.1) is 6.61 Å². The Hall–Kier alpha value is -1.47. The number of benzene rings is 2. The Kier molecular flexibility index (Phi) is 4.73. The van der Waals surface area contributed by atoms with E-state index in [0.717, 1.165) is 18.4 Å². The van der Waals surface area contributed by atoms with Gasteiger partial charge in [-0.2, -0.15) is 0 Å². The van der Waals surface area contributed by atoms with Gasteiger partial charge in [0.25, 0.3) is 0 Å². The summed E-state index contributed by atoms with van der Waals surface area (Å²) < 4.78 is 31.2. The molecule has 1 heterocycles. The molecule has 4 rings (SSSR count). The van der Waals surface area contributed by atoms with Gasteiger partial charge in [0.1, 0.15) is 30.5 Å². The van der Waals surface area contributed by atoms with Crippen LogP contribution in [-0.4, -0.2) is 51.4 Å². The topological polar surface area (TPSA) is 90.2 Å². The Bertz CT molecular complexity index is 949. The zero-order chi connectivity index (χ0) is 22.6. The van der Waals surface area contributed by atoms with Crippen LogP contribution in [0.3, 0.4) is 0 Å². The third kappa shape index (κ3) is 3.96. The SMILES string of the molecule is [2H]C1(c2ccc(C([2H])([2H])c3cc([C@@H]4O[C@H](CO)[C@@H](O)[C@H](O)[C@H]4O)ccc3Cl)cc2)CC1. The molecule has 150 valence electrons. The highest BCUT2D eigenvalue weighted by Crippen LogP contribution is 2.40. The second kappa shape index (κ2) is 8.11. The number of halogens is 1. The van der Waals surface area contributed by atoms with Crippen molar-refractivity contribution in [1.29, 1.82) is 0 Å². The normalized spacial score (nSPS) is 33.6. The number of aliphatic hydroxyl groups excluding tert-OH is 4.